The number of ketones is 1. The number of esters is 1. The fourth-order valence-corrected chi connectivity index (χ4v) is 3.30. The number of unbranched alkanes of at least 4 members (excludes halogenated alkanes) is 7. The van der Waals surface area contributed by atoms with Crippen molar-refractivity contribution >= 4 is 11.8 Å². The van der Waals surface area contributed by atoms with Gasteiger partial charge >= 0.3 is 5.97 Å². The van der Waals surface area contributed by atoms with E-state index in [1.54, 1.807) is 31.2 Å². The highest BCUT2D eigenvalue weighted by molar-refractivity contribution is 6.01. The van der Waals surface area contributed by atoms with Crippen molar-refractivity contribution < 1.29 is 14.3 Å². The highest BCUT2D eigenvalue weighted by atomic mass is 16.5. The van der Waals surface area contributed by atoms with Crippen LogP contribution < -0.4 is 0 Å². The summed E-state index contributed by atoms with van der Waals surface area (Å²) in [6, 6.07) is 6.90. The molecule has 0 bridgehead atoms. The van der Waals surface area contributed by atoms with Crippen LogP contribution in [-0.2, 0) is 16.0 Å². The van der Waals surface area contributed by atoms with Gasteiger partial charge in [-0.3, -0.25) is 4.79 Å². The summed E-state index contributed by atoms with van der Waals surface area (Å²) >= 11 is 0. The molecule has 0 N–H and O–H groups in total. The van der Waals surface area contributed by atoms with Crippen LogP contribution in [0.4, 0.5) is 0 Å². The monoisotopic (exact) mass is 448 g/mol. The SMILES string of the molecule is CCCCC#CC(=O)C(C)OC(=O)c1ccc(-c2ncc(CCCCCCCC)cn2)cc1. The van der Waals surface area contributed by atoms with Gasteiger partial charge in [0.1, 0.15) is 0 Å². The lowest BCUT2D eigenvalue weighted by molar-refractivity contribution is -0.121. The van der Waals surface area contributed by atoms with Gasteiger partial charge in [0, 0.05) is 24.4 Å². The van der Waals surface area contributed by atoms with Crippen molar-refractivity contribution in [3.8, 4) is 23.2 Å². The highest BCUT2D eigenvalue weighted by Crippen LogP contribution is 2.17. The molecule has 176 valence electrons. The van der Waals surface area contributed by atoms with Crippen molar-refractivity contribution in [3.05, 3.63) is 47.8 Å². The standard InChI is InChI=1S/C28H36N2O3/c1-4-6-8-10-11-12-14-23-20-29-27(30-21-23)24-16-18-25(19-17-24)28(32)33-22(3)26(31)15-13-9-7-5-2/h16-22H,4-12,14H2,1-3H3. The summed E-state index contributed by atoms with van der Waals surface area (Å²) < 4.78 is 5.26. The number of Topliss-reactive ketones (excluding diaryl/α,β-unsaturated/α-hetero) is 1. The summed E-state index contributed by atoms with van der Waals surface area (Å²) in [4.78, 5) is 33.3. The van der Waals surface area contributed by atoms with E-state index in [0.29, 0.717) is 17.8 Å². The minimum Gasteiger partial charge on any atom is -0.450 e. The Morgan fingerprint density at radius 1 is 0.909 bits per heavy atom. The van der Waals surface area contributed by atoms with E-state index in [4.69, 9.17) is 4.74 Å². The summed E-state index contributed by atoms with van der Waals surface area (Å²) in [5, 5.41) is 0. The molecule has 33 heavy (non-hydrogen) atoms. The Hall–Kier alpha value is -3.00. The molecule has 1 heterocycles. The van der Waals surface area contributed by atoms with Crippen molar-refractivity contribution in [1.29, 1.82) is 0 Å². The van der Waals surface area contributed by atoms with Crippen molar-refractivity contribution in [2.75, 3.05) is 0 Å². The molecule has 0 aliphatic rings. The van der Waals surface area contributed by atoms with Gasteiger partial charge in [-0.2, -0.15) is 0 Å². The van der Waals surface area contributed by atoms with Crippen LogP contribution in [0.15, 0.2) is 36.7 Å². The third-order valence-corrected chi connectivity index (χ3v) is 5.42. The lowest BCUT2D eigenvalue weighted by Crippen LogP contribution is -2.23. The summed E-state index contributed by atoms with van der Waals surface area (Å²) in [6.45, 7) is 5.84. The molecule has 2 aromatic rings. The molecule has 5 nitrogen and oxygen atoms in total. The van der Waals surface area contributed by atoms with E-state index in [9.17, 15) is 9.59 Å². The molecule has 0 radical (unpaired) electrons. The molecule has 0 spiro atoms. The molecule has 0 aliphatic carbocycles. The van der Waals surface area contributed by atoms with Crippen LogP contribution in [0.25, 0.3) is 11.4 Å². The average Bonchev–Trinajstić information content (AvgIpc) is 2.84. The van der Waals surface area contributed by atoms with Gasteiger partial charge < -0.3 is 4.74 Å². The number of carbonyl (C=O) groups is 2. The number of hydrogen-bond donors (Lipinski definition) is 0. The second-order valence-corrected chi connectivity index (χ2v) is 8.33. The molecule has 2 rings (SSSR count). The summed E-state index contributed by atoms with van der Waals surface area (Å²) in [5.41, 5.74) is 2.34. The Kier molecular flexibility index (Phi) is 11.9. The highest BCUT2D eigenvalue weighted by Gasteiger charge is 2.17. The number of carbonyl (C=O) groups excluding carboxylic acids is 2. The smallest absolute Gasteiger partial charge is 0.338 e. The van der Waals surface area contributed by atoms with Crippen LogP contribution in [0.5, 0.6) is 0 Å². The molecule has 0 amide bonds. The number of rotatable bonds is 13. The minimum absolute atomic E-state index is 0.372. The molecule has 0 saturated heterocycles. The van der Waals surface area contributed by atoms with Gasteiger partial charge in [-0.25, -0.2) is 14.8 Å². The molecule has 0 fully saturated rings. The van der Waals surface area contributed by atoms with Gasteiger partial charge in [0.05, 0.1) is 5.56 Å². The predicted molar refractivity (Wildman–Crippen MR) is 132 cm³/mol. The lowest BCUT2D eigenvalue weighted by Gasteiger charge is -2.09. The van der Waals surface area contributed by atoms with E-state index in [0.717, 1.165) is 36.8 Å². The molecule has 1 aromatic heterocycles. The summed E-state index contributed by atoms with van der Waals surface area (Å²) in [6.07, 6.45) is 14.1. The zero-order chi connectivity index (χ0) is 23.9. The quantitative estimate of drug-likeness (QED) is 0.154. The van der Waals surface area contributed by atoms with Gasteiger partial charge in [-0.05, 0) is 49.8 Å². The van der Waals surface area contributed by atoms with Gasteiger partial charge in [0.15, 0.2) is 11.9 Å². The van der Waals surface area contributed by atoms with Crippen LogP contribution in [0.2, 0.25) is 0 Å². The lowest BCUT2D eigenvalue weighted by atomic mass is 10.1. The maximum absolute atomic E-state index is 12.4. The van der Waals surface area contributed by atoms with Crippen molar-refractivity contribution in [2.45, 2.75) is 91.1 Å². The molecule has 1 unspecified atom stereocenters. The number of ether oxygens (including phenoxy) is 1. The number of benzene rings is 1. The Balaban J connectivity index is 1.85. The molecular weight excluding hydrogens is 412 g/mol. The first-order valence-corrected chi connectivity index (χ1v) is 12.2. The molecule has 0 aliphatic heterocycles. The molecular formula is C28H36N2O3. The van der Waals surface area contributed by atoms with Crippen LogP contribution in [-0.4, -0.2) is 27.8 Å². The van der Waals surface area contributed by atoms with E-state index in [1.165, 1.54) is 32.1 Å². The summed E-state index contributed by atoms with van der Waals surface area (Å²) in [5.74, 6) is 5.06. The Bertz CT molecular complexity index is 924. The van der Waals surface area contributed by atoms with E-state index in [-0.39, 0.29) is 5.78 Å². The first-order valence-electron chi connectivity index (χ1n) is 12.2. The maximum Gasteiger partial charge on any atom is 0.338 e. The molecule has 5 heteroatoms. The molecule has 1 atom stereocenters. The van der Waals surface area contributed by atoms with Crippen molar-refractivity contribution in [3.63, 3.8) is 0 Å². The van der Waals surface area contributed by atoms with Crippen LogP contribution in [0.3, 0.4) is 0 Å². The first kappa shape index (κ1) is 26.3. The van der Waals surface area contributed by atoms with Gasteiger partial charge in [-0.15, -0.1) is 0 Å². The Labute approximate surface area is 198 Å². The number of nitrogens with zero attached hydrogens (tertiary/aromatic N) is 2. The second kappa shape index (κ2) is 14.9. The predicted octanol–water partition coefficient (Wildman–Crippen LogP) is 6.35. The average molecular weight is 449 g/mol. The van der Waals surface area contributed by atoms with Crippen LogP contribution in [0, 0.1) is 11.8 Å². The third kappa shape index (κ3) is 9.57. The van der Waals surface area contributed by atoms with Crippen molar-refractivity contribution in [2.24, 2.45) is 0 Å². The van der Waals surface area contributed by atoms with E-state index in [1.807, 2.05) is 12.4 Å². The minimum atomic E-state index is -0.895. The fraction of sp³-hybridized carbons (Fsp3) is 0.500. The zero-order valence-electron chi connectivity index (χ0n) is 20.2. The zero-order valence-corrected chi connectivity index (χ0v) is 20.2. The van der Waals surface area contributed by atoms with E-state index in [2.05, 4.69) is 35.7 Å². The Morgan fingerprint density at radius 3 is 2.21 bits per heavy atom. The topological polar surface area (TPSA) is 69.2 Å². The maximum atomic E-state index is 12.4. The van der Waals surface area contributed by atoms with Gasteiger partial charge in [-0.1, -0.05) is 70.4 Å². The van der Waals surface area contributed by atoms with Gasteiger partial charge in [0.2, 0.25) is 5.78 Å². The van der Waals surface area contributed by atoms with E-state index < -0.39 is 12.1 Å². The second-order valence-electron chi connectivity index (χ2n) is 8.33. The first-order chi connectivity index (χ1) is 16.0. The largest absolute Gasteiger partial charge is 0.450 e. The van der Waals surface area contributed by atoms with E-state index >= 15 is 0 Å². The normalized spacial score (nSPS) is 11.4. The Morgan fingerprint density at radius 2 is 1.55 bits per heavy atom. The van der Waals surface area contributed by atoms with Crippen molar-refractivity contribution in [1.82, 2.24) is 9.97 Å². The van der Waals surface area contributed by atoms with Gasteiger partial charge in [0.25, 0.3) is 0 Å². The van der Waals surface area contributed by atoms with Crippen LogP contribution >= 0.6 is 0 Å². The number of aryl methyl sites for hydroxylation is 1. The number of hydrogen-bond acceptors (Lipinski definition) is 5. The number of aromatic nitrogens is 2. The summed E-state index contributed by atoms with van der Waals surface area (Å²) in [7, 11) is 0. The molecule has 0 saturated carbocycles. The molecule has 1 aromatic carbocycles. The third-order valence-electron chi connectivity index (χ3n) is 5.42. The fourth-order valence-electron chi connectivity index (χ4n) is 3.30. The van der Waals surface area contributed by atoms with Crippen LogP contribution in [0.1, 0.15) is 94.5 Å².